The zero-order valence-electron chi connectivity index (χ0n) is 13.2. The van der Waals surface area contributed by atoms with Crippen LogP contribution in [0.1, 0.15) is 46.0 Å². The predicted octanol–water partition coefficient (Wildman–Crippen LogP) is 1.69. The Hall–Kier alpha value is -0.610. The number of nitrogens with zero attached hydrogens (tertiary/aromatic N) is 2. The fourth-order valence-electron chi connectivity index (χ4n) is 3.45. The Morgan fingerprint density at radius 1 is 1.25 bits per heavy atom. The van der Waals surface area contributed by atoms with E-state index in [1.165, 1.54) is 12.8 Å². The highest BCUT2D eigenvalue weighted by atomic mass is 16.2. The fraction of sp³-hybridized carbons (Fsp3) is 0.938. The zero-order chi connectivity index (χ0) is 14.5. The van der Waals surface area contributed by atoms with E-state index < -0.39 is 0 Å². The summed E-state index contributed by atoms with van der Waals surface area (Å²) in [4.78, 5) is 17.1. The second-order valence-corrected chi connectivity index (χ2v) is 6.48. The third kappa shape index (κ3) is 3.95. The lowest BCUT2D eigenvalue weighted by molar-refractivity contribution is -0.135. The Morgan fingerprint density at radius 2 is 2.00 bits per heavy atom. The summed E-state index contributed by atoms with van der Waals surface area (Å²) >= 11 is 0. The third-order valence-corrected chi connectivity index (χ3v) is 5.05. The van der Waals surface area contributed by atoms with Gasteiger partial charge in [0, 0.05) is 38.1 Å². The van der Waals surface area contributed by atoms with Gasteiger partial charge < -0.3 is 10.6 Å². The van der Waals surface area contributed by atoms with Crippen molar-refractivity contribution in [1.82, 2.24) is 9.80 Å². The molecule has 2 N–H and O–H groups in total. The summed E-state index contributed by atoms with van der Waals surface area (Å²) in [6.07, 6.45) is 5.83. The van der Waals surface area contributed by atoms with Gasteiger partial charge in [-0.15, -0.1) is 0 Å². The summed E-state index contributed by atoms with van der Waals surface area (Å²) in [5.74, 6) is 1.30. The average molecular weight is 281 g/mol. The highest BCUT2D eigenvalue weighted by Crippen LogP contribution is 2.37. The van der Waals surface area contributed by atoms with Crippen molar-refractivity contribution >= 4 is 5.91 Å². The lowest BCUT2D eigenvalue weighted by Gasteiger charge is -2.30. The van der Waals surface area contributed by atoms with E-state index in [1.807, 2.05) is 0 Å². The molecule has 4 heteroatoms. The van der Waals surface area contributed by atoms with Gasteiger partial charge in [-0.1, -0.05) is 13.8 Å². The summed E-state index contributed by atoms with van der Waals surface area (Å²) in [6, 6.07) is 0.593. The highest BCUT2D eigenvalue weighted by molar-refractivity contribution is 5.79. The summed E-state index contributed by atoms with van der Waals surface area (Å²) in [6.45, 7) is 9.08. The van der Waals surface area contributed by atoms with Crippen LogP contribution in [0.15, 0.2) is 0 Å². The van der Waals surface area contributed by atoms with Crippen LogP contribution in [0.3, 0.4) is 0 Å². The number of carbonyl (C=O) groups excluding carboxylic acids is 1. The standard InChI is InChI=1S/C16H31N3O/c1-3-15(7-8-17)18-9-4-10-19(12-11-18)16(20)13(2)14-5-6-14/h13-15H,3-12,17H2,1-2H3. The number of hydrogen-bond donors (Lipinski definition) is 1. The van der Waals surface area contributed by atoms with Gasteiger partial charge in [0.2, 0.25) is 5.91 Å². The van der Waals surface area contributed by atoms with Crippen LogP contribution in [0.5, 0.6) is 0 Å². The van der Waals surface area contributed by atoms with E-state index in [4.69, 9.17) is 5.73 Å². The molecule has 1 saturated carbocycles. The number of carbonyl (C=O) groups is 1. The largest absolute Gasteiger partial charge is 0.341 e. The molecule has 0 spiro atoms. The van der Waals surface area contributed by atoms with Gasteiger partial charge in [-0.2, -0.15) is 0 Å². The number of hydrogen-bond acceptors (Lipinski definition) is 3. The first-order chi connectivity index (χ1) is 9.67. The van der Waals surface area contributed by atoms with Crippen molar-refractivity contribution in [3.63, 3.8) is 0 Å². The molecule has 2 unspecified atom stereocenters. The maximum absolute atomic E-state index is 12.5. The molecule has 1 saturated heterocycles. The second kappa shape index (κ2) is 7.41. The first kappa shape index (κ1) is 15.8. The van der Waals surface area contributed by atoms with Crippen molar-refractivity contribution in [2.45, 2.75) is 52.0 Å². The Balaban J connectivity index is 1.86. The van der Waals surface area contributed by atoms with E-state index in [9.17, 15) is 4.79 Å². The number of rotatable bonds is 6. The fourth-order valence-corrected chi connectivity index (χ4v) is 3.45. The molecule has 2 aliphatic rings. The molecule has 1 aliphatic heterocycles. The predicted molar refractivity (Wildman–Crippen MR) is 82.4 cm³/mol. The molecule has 1 heterocycles. The van der Waals surface area contributed by atoms with Gasteiger partial charge in [0.25, 0.3) is 0 Å². The quantitative estimate of drug-likeness (QED) is 0.806. The highest BCUT2D eigenvalue weighted by Gasteiger charge is 2.35. The van der Waals surface area contributed by atoms with Crippen LogP contribution in [0, 0.1) is 11.8 Å². The van der Waals surface area contributed by atoms with Crippen molar-refractivity contribution in [1.29, 1.82) is 0 Å². The van der Waals surface area contributed by atoms with Crippen LogP contribution in [-0.2, 0) is 4.79 Å². The first-order valence-electron chi connectivity index (χ1n) is 8.40. The van der Waals surface area contributed by atoms with E-state index in [1.54, 1.807) is 0 Å². The Labute approximate surface area is 123 Å². The van der Waals surface area contributed by atoms with E-state index in [2.05, 4.69) is 23.6 Å². The van der Waals surface area contributed by atoms with Gasteiger partial charge in [-0.05, 0) is 44.6 Å². The molecule has 0 bridgehead atoms. The van der Waals surface area contributed by atoms with E-state index >= 15 is 0 Å². The van der Waals surface area contributed by atoms with E-state index in [-0.39, 0.29) is 5.92 Å². The Bertz CT molecular complexity index is 317. The monoisotopic (exact) mass is 281 g/mol. The van der Waals surface area contributed by atoms with Crippen LogP contribution < -0.4 is 5.73 Å². The van der Waals surface area contributed by atoms with Crippen LogP contribution in [0.25, 0.3) is 0 Å². The second-order valence-electron chi connectivity index (χ2n) is 6.48. The van der Waals surface area contributed by atoms with Crippen LogP contribution in [0.2, 0.25) is 0 Å². The topological polar surface area (TPSA) is 49.6 Å². The Morgan fingerprint density at radius 3 is 2.60 bits per heavy atom. The van der Waals surface area contributed by atoms with Crippen molar-refractivity contribution in [3.8, 4) is 0 Å². The van der Waals surface area contributed by atoms with Crippen LogP contribution in [0.4, 0.5) is 0 Å². The van der Waals surface area contributed by atoms with Crippen molar-refractivity contribution in [2.75, 3.05) is 32.7 Å². The molecule has 0 aromatic rings. The normalized spacial score (nSPS) is 24.2. The summed E-state index contributed by atoms with van der Waals surface area (Å²) < 4.78 is 0. The molecule has 1 amide bonds. The van der Waals surface area contributed by atoms with Gasteiger partial charge in [0.05, 0.1) is 0 Å². The van der Waals surface area contributed by atoms with Crippen molar-refractivity contribution in [2.24, 2.45) is 17.6 Å². The van der Waals surface area contributed by atoms with Gasteiger partial charge in [-0.25, -0.2) is 0 Å². The van der Waals surface area contributed by atoms with E-state index in [0.29, 0.717) is 17.9 Å². The average Bonchev–Trinajstić information content (AvgIpc) is 3.28. The maximum atomic E-state index is 12.5. The summed E-state index contributed by atoms with van der Waals surface area (Å²) in [5.41, 5.74) is 5.72. The minimum absolute atomic E-state index is 0.243. The lowest BCUT2D eigenvalue weighted by atomic mass is 10.0. The van der Waals surface area contributed by atoms with Crippen molar-refractivity contribution < 1.29 is 4.79 Å². The molecule has 2 fully saturated rings. The maximum Gasteiger partial charge on any atom is 0.225 e. The van der Waals surface area contributed by atoms with Gasteiger partial charge in [-0.3, -0.25) is 9.69 Å². The molecule has 0 aromatic heterocycles. The van der Waals surface area contributed by atoms with Crippen LogP contribution >= 0.6 is 0 Å². The third-order valence-electron chi connectivity index (χ3n) is 5.05. The number of nitrogens with two attached hydrogens (primary N) is 1. The molecule has 0 radical (unpaired) electrons. The minimum Gasteiger partial charge on any atom is -0.341 e. The number of amides is 1. The molecule has 1 aliphatic carbocycles. The minimum atomic E-state index is 0.243. The van der Waals surface area contributed by atoms with Crippen molar-refractivity contribution in [3.05, 3.63) is 0 Å². The van der Waals surface area contributed by atoms with E-state index in [0.717, 1.165) is 52.0 Å². The first-order valence-corrected chi connectivity index (χ1v) is 8.40. The summed E-state index contributed by atoms with van der Waals surface area (Å²) in [7, 11) is 0. The van der Waals surface area contributed by atoms with Gasteiger partial charge in [0.15, 0.2) is 0 Å². The SMILES string of the molecule is CCC(CCN)N1CCCN(C(=O)C(C)C2CC2)CC1. The molecule has 116 valence electrons. The van der Waals surface area contributed by atoms with Crippen LogP contribution in [-0.4, -0.2) is 54.5 Å². The smallest absolute Gasteiger partial charge is 0.225 e. The van der Waals surface area contributed by atoms with Gasteiger partial charge >= 0.3 is 0 Å². The molecular weight excluding hydrogens is 250 g/mol. The molecule has 0 aromatic carbocycles. The lowest BCUT2D eigenvalue weighted by Crippen LogP contribution is -2.41. The molecule has 4 nitrogen and oxygen atoms in total. The Kier molecular flexibility index (Phi) is 5.85. The molecule has 2 rings (SSSR count). The summed E-state index contributed by atoms with van der Waals surface area (Å²) in [5, 5.41) is 0. The molecular formula is C16H31N3O. The molecule has 2 atom stereocenters. The zero-order valence-corrected chi connectivity index (χ0v) is 13.2. The molecule has 20 heavy (non-hydrogen) atoms. The van der Waals surface area contributed by atoms with Gasteiger partial charge in [0.1, 0.15) is 0 Å².